The Hall–Kier alpha value is -1.10. The zero-order valence-electron chi connectivity index (χ0n) is 8.98. The molecule has 5 heteroatoms. The van der Waals surface area contributed by atoms with Crippen LogP contribution in [0.4, 0.5) is 0 Å². The van der Waals surface area contributed by atoms with Crippen LogP contribution in [-0.4, -0.2) is 35.6 Å². The molecule has 3 heterocycles. The highest BCUT2D eigenvalue weighted by Crippen LogP contribution is 2.42. The summed E-state index contributed by atoms with van der Waals surface area (Å²) in [6.45, 7) is 0.628. The Morgan fingerprint density at radius 1 is 1.25 bits per heavy atom. The van der Waals surface area contributed by atoms with Gasteiger partial charge in [0.15, 0.2) is 0 Å². The number of aliphatic carboxylic acids is 1. The zero-order valence-corrected chi connectivity index (χ0v) is 8.98. The quantitative estimate of drug-likeness (QED) is 0.565. The van der Waals surface area contributed by atoms with Crippen LogP contribution in [0.15, 0.2) is 0 Å². The van der Waals surface area contributed by atoms with Crippen molar-refractivity contribution in [3.63, 3.8) is 0 Å². The minimum absolute atomic E-state index is 0.0324. The maximum absolute atomic E-state index is 11.8. The molecule has 0 radical (unpaired) electrons. The molecule has 88 valence electrons. The monoisotopic (exact) mass is 224 g/mol. The third-order valence-corrected chi connectivity index (χ3v) is 4.37. The third kappa shape index (κ3) is 1.27. The van der Waals surface area contributed by atoms with E-state index in [1.54, 1.807) is 0 Å². The van der Waals surface area contributed by atoms with Crippen molar-refractivity contribution in [3.8, 4) is 0 Å². The van der Waals surface area contributed by atoms with Crippen molar-refractivity contribution < 1.29 is 14.7 Å². The van der Waals surface area contributed by atoms with Gasteiger partial charge in [-0.1, -0.05) is 0 Å². The first kappa shape index (κ1) is 10.1. The SMILES string of the molecule is O=C(O)C1C2CCC(N2)C2C(=O)NCCC12. The van der Waals surface area contributed by atoms with E-state index >= 15 is 0 Å². The summed E-state index contributed by atoms with van der Waals surface area (Å²) < 4.78 is 0. The van der Waals surface area contributed by atoms with Crippen molar-refractivity contribution in [2.24, 2.45) is 17.8 Å². The minimum atomic E-state index is -0.748. The van der Waals surface area contributed by atoms with Gasteiger partial charge in [0.1, 0.15) is 0 Å². The summed E-state index contributed by atoms with van der Waals surface area (Å²) in [4.78, 5) is 23.2. The molecule has 16 heavy (non-hydrogen) atoms. The first-order valence-corrected chi connectivity index (χ1v) is 5.95. The van der Waals surface area contributed by atoms with Gasteiger partial charge in [0, 0.05) is 18.6 Å². The van der Waals surface area contributed by atoms with E-state index in [9.17, 15) is 14.7 Å². The van der Waals surface area contributed by atoms with Crippen LogP contribution >= 0.6 is 0 Å². The second-order valence-electron chi connectivity index (χ2n) is 5.09. The number of fused-ring (bicyclic) bond motifs is 4. The molecule has 0 spiro atoms. The highest BCUT2D eigenvalue weighted by atomic mass is 16.4. The predicted octanol–water partition coefficient (Wildman–Crippen LogP) is -0.426. The van der Waals surface area contributed by atoms with Crippen molar-refractivity contribution in [2.75, 3.05) is 6.54 Å². The Morgan fingerprint density at radius 3 is 2.75 bits per heavy atom. The second kappa shape index (κ2) is 3.45. The van der Waals surface area contributed by atoms with Crippen LogP contribution < -0.4 is 10.6 Å². The van der Waals surface area contributed by atoms with Crippen LogP contribution in [0.25, 0.3) is 0 Å². The Labute approximate surface area is 93.6 Å². The summed E-state index contributed by atoms with van der Waals surface area (Å²) in [5.41, 5.74) is 0. The van der Waals surface area contributed by atoms with Crippen LogP contribution in [0.5, 0.6) is 0 Å². The van der Waals surface area contributed by atoms with Gasteiger partial charge < -0.3 is 15.7 Å². The smallest absolute Gasteiger partial charge is 0.308 e. The van der Waals surface area contributed by atoms with Gasteiger partial charge in [-0.15, -0.1) is 0 Å². The normalized spacial score (nSPS) is 46.0. The summed E-state index contributed by atoms with van der Waals surface area (Å²) in [7, 11) is 0. The summed E-state index contributed by atoms with van der Waals surface area (Å²) >= 11 is 0. The lowest BCUT2D eigenvalue weighted by Gasteiger charge is -2.43. The Morgan fingerprint density at radius 2 is 2.00 bits per heavy atom. The van der Waals surface area contributed by atoms with Crippen LogP contribution in [0, 0.1) is 17.8 Å². The van der Waals surface area contributed by atoms with E-state index < -0.39 is 5.97 Å². The molecule has 3 aliphatic rings. The van der Waals surface area contributed by atoms with E-state index in [-0.39, 0.29) is 35.7 Å². The standard InChI is InChI=1S/C11H16N2O3/c14-10-8-5(3-4-12-10)9(11(15)16)7-2-1-6(8)13-7/h5-9,13H,1-4H2,(H,12,14)(H,15,16). The van der Waals surface area contributed by atoms with Crippen LogP contribution in [0.2, 0.25) is 0 Å². The molecule has 5 nitrogen and oxygen atoms in total. The van der Waals surface area contributed by atoms with E-state index in [1.165, 1.54) is 0 Å². The minimum Gasteiger partial charge on any atom is -0.481 e. The number of hydrogen-bond acceptors (Lipinski definition) is 3. The van der Waals surface area contributed by atoms with Gasteiger partial charge in [0.05, 0.1) is 11.8 Å². The number of hydrogen-bond donors (Lipinski definition) is 3. The fraction of sp³-hybridized carbons (Fsp3) is 0.818. The molecule has 0 aliphatic carbocycles. The van der Waals surface area contributed by atoms with Crippen LogP contribution in [-0.2, 0) is 9.59 Å². The lowest BCUT2D eigenvalue weighted by molar-refractivity contribution is -0.150. The topological polar surface area (TPSA) is 78.4 Å². The van der Waals surface area contributed by atoms with Gasteiger partial charge >= 0.3 is 5.97 Å². The molecule has 2 bridgehead atoms. The fourth-order valence-electron chi connectivity index (χ4n) is 3.76. The van der Waals surface area contributed by atoms with Gasteiger partial charge in [-0.3, -0.25) is 9.59 Å². The molecule has 3 N–H and O–H groups in total. The zero-order chi connectivity index (χ0) is 11.3. The molecular weight excluding hydrogens is 208 g/mol. The molecule has 0 aromatic rings. The largest absolute Gasteiger partial charge is 0.481 e. The number of carboxylic acids is 1. The highest BCUT2D eigenvalue weighted by molar-refractivity contribution is 5.83. The maximum Gasteiger partial charge on any atom is 0.308 e. The number of carbonyl (C=O) groups excluding carboxylic acids is 1. The molecule has 3 rings (SSSR count). The van der Waals surface area contributed by atoms with Gasteiger partial charge in [0.25, 0.3) is 0 Å². The Kier molecular flexibility index (Phi) is 2.17. The van der Waals surface area contributed by atoms with Gasteiger partial charge in [-0.05, 0) is 25.2 Å². The van der Waals surface area contributed by atoms with E-state index in [4.69, 9.17) is 0 Å². The summed E-state index contributed by atoms with van der Waals surface area (Å²) in [6.07, 6.45) is 2.63. The lowest BCUT2D eigenvalue weighted by atomic mass is 9.70. The van der Waals surface area contributed by atoms with E-state index in [1.807, 2.05) is 0 Å². The molecule has 5 atom stereocenters. The van der Waals surface area contributed by atoms with E-state index in [2.05, 4.69) is 10.6 Å². The average Bonchev–Trinajstić information content (AvgIpc) is 2.62. The summed E-state index contributed by atoms with van der Waals surface area (Å²) in [5.74, 6) is -1.18. The number of piperidine rings is 2. The molecule has 5 unspecified atom stereocenters. The van der Waals surface area contributed by atoms with Crippen LogP contribution in [0.3, 0.4) is 0 Å². The van der Waals surface area contributed by atoms with Gasteiger partial charge in [-0.2, -0.15) is 0 Å². The molecule has 0 saturated carbocycles. The van der Waals surface area contributed by atoms with Crippen molar-refractivity contribution in [1.82, 2.24) is 10.6 Å². The third-order valence-electron chi connectivity index (χ3n) is 4.37. The number of carbonyl (C=O) groups is 2. The van der Waals surface area contributed by atoms with Crippen LogP contribution in [0.1, 0.15) is 19.3 Å². The van der Waals surface area contributed by atoms with Gasteiger partial charge in [0.2, 0.25) is 5.91 Å². The molecule has 0 aromatic carbocycles. The van der Waals surface area contributed by atoms with Crippen molar-refractivity contribution in [3.05, 3.63) is 0 Å². The van der Waals surface area contributed by atoms with E-state index in [0.717, 1.165) is 19.3 Å². The first-order chi connectivity index (χ1) is 7.68. The highest BCUT2D eigenvalue weighted by Gasteiger charge is 2.54. The summed E-state index contributed by atoms with van der Waals surface area (Å²) in [6, 6.07) is 0.278. The molecular formula is C11H16N2O3. The molecule has 1 amide bonds. The molecule has 3 fully saturated rings. The van der Waals surface area contributed by atoms with Crippen molar-refractivity contribution in [1.29, 1.82) is 0 Å². The first-order valence-electron chi connectivity index (χ1n) is 5.95. The van der Waals surface area contributed by atoms with E-state index in [0.29, 0.717) is 6.54 Å². The maximum atomic E-state index is 11.8. The molecule has 0 aromatic heterocycles. The van der Waals surface area contributed by atoms with Crippen molar-refractivity contribution in [2.45, 2.75) is 31.3 Å². The lowest BCUT2D eigenvalue weighted by Crippen LogP contribution is -2.60. The second-order valence-corrected chi connectivity index (χ2v) is 5.09. The molecule has 3 aliphatic heterocycles. The van der Waals surface area contributed by atoms with Crippen molar-refractivity contribution >= 4 is 11.9 Å². The molecule has 3 saturated heterocycles. The number of amides is 1. The Bertz CT molecular complexity index is 332. The van der Waals surface area contributed by atoms with Gasteiger partial charge in [-0.25, -0.2) is 0 Å². The Balaban J connectivity index is 1.95. The number of rotatable bonds is 1. The summed E-state index contributed by atoms with van der Waals surface area (Å²) in [5, 5.41) is 15.5. The number of carboxylic acid groups (broad SMARTS) is 1. The number of nitrogens with one attached hydrogen (secondary N) is 2. The average molecular weight is 224 g/mol. The predicted molar refractivity (Wildman–Crippen MR) is 55.7 cm³/mol. The fourth-order valence-corrected chi connectivity index (χ4v) is 3.76.